The fraction of sp³-hybridized carbons (Fsp3) is 0.435. The molecule has 0 aliphatic carbocycles. The van der Waals surface area contributed by atoms with Crippen LogP contribution in [0.15, 0.2) is 36.4 Å². The van der Waals surface area contributed by atoms with Crippen LogP contribution in [0, 0.1) is 6.92 Å². The summed E-state index contributed by atoms with van der Waals surface area (Å²) in [5, 5.41) is 13.9. The van der Waals surface area contributed by atoms with E-state index in [1.54, 1.807) is 13.0 Å². The number of pyridine rings is 1. The van der Waals surface area contributed by atoms with E-state index >= 15 is 0 Å². The number of nitrogens with one attached hydrogen (secondary N) is 2. The zero-order chi connectivity index (χ0) is 24.2. The molecule has 1 aliphatic rings. The van der Waals surface area contributed by atoms with E-state index in [0.29, 0.717) is 25.3 Å². The van der Waals surface area contributed by atoms with Crippen LogP contribution in [-0.4, -0.2) is 59.8 Å². The van der Waals surface area contributed by atoms with Gasteiger partial charge >= 0.3 is 12.7 Å². The number of hydrogen-bond donors (Lipinski definition) is 3. The number of nitrogens with zero attached hydrogens (tertiary/aromatic N) is 2. The molecule has 0 bridgehead atoms. The molecular weight excluding hydrogens is 434 g/mol. The first-order valence-corrected chi connectivity index (χ1v) is 10.6. The molecule has 1 aromatic carbocycles. The van der Waals surface area contributed by atoms with Crippen molar-refractivity contribution in [3.8, 4) is 5.88 Å². The minimum atomic E-state index is -3.08. The van der Waals surface area contributed by atoms with Gasteiger partial charge in [0.1, 0.15) is 5.69 Å². The standard InChI is InChI=1S/C23H28F2N4O4/c1-14(2)16-6-4-5-7-17(16)23(12-29(13-23)11-10-26-22(31)32)20(30)28-18-9-8-15(3)27-19(18)33-21(24)25/h4-9,14,21,26H,10-13H2,1-3H3,(H,28,30)(H,31,32). The summed E-state index contributed by atoms with van der Waals surface area (Å²) in [6.45, 7) is 4.02. The molecule has 0 spiro atoms. The second-order valence-electron chi connectivity index (χ2n) is 8.40. The Morgan fingerprint density at radius 2 is 1.91 bits per heavy atom. The van der Waals surface area contributed by atoms with Gasteiger partial charge in [-0.2, -0.15) is 8.78 Å². The van der Waals surface area contributed by atoms with Crippen molar-refractivity contribution < 1.29 is 28.2 Å². The summed E-state index contributed by atoms with van der Waals surface area (Å²) >= 11 is 0. The summed E-state index contributed by atoms with van der Waals surface area (Å²) in [7, 11) is 0. The van der Waals surface area contributed by atoms with Gasteiger partial charge in [-0.05, 0) is 36.1 Å². The third-order valence-electron chi connectivity index (χ3n) is 5.67. The Labute approximate surface area is 191 Å². The smallest absolute Gasteiger partial charge is 0.404 e. The lowest BCUT2D eigenvalue weighted by Crippen LogP contribution is -2.66. The molecule has 2 aromatic rings. The van der Waals surface area contributed by atoms with Gasteiger partial charge in [0.15, 0.2) is 0 Å². The van der Waals surface area contributed by atoms with Crippen LogP contribution in [0.4, 0.5) is 19.3 Å². The molecule has 1 saturated heterocycles. The van der Waals surface area contributed by atoms with Gasteiger partial charge in [0.2, 0.25) is 11.8 Å². The van der Waals surface area contributed by atoms with Gasteiger partial charge in [-0.25, -0.2) is 9.78 Å². The first kappa shape index (κ1) is 24.4. The Hall–Kier alpha value is -3.27. The highest BCUT2D eigenvalue weighted by molar-refractivity contribution is 6.01. The second kappa shape index (κ2) is 10.1. The van der Waals surface area contributed by atoms with E-state index in [2.05, 4.69) is 20.4 Å². The van der Waals surface area contributed by atoms with Crippen molar-refractivity contribution in [2.45, 2.75) is 38.7 Å². The van der Waals surface area contributed by atoms with Crippen molar-refractivity contribution in [2.24, 2.45) is 0 Å². The highest BCUT2D eigenvalue weighted by atomic mass is 19.3. The maximum absolute atomic E-state index is 13.6. The van der Waals surface area contributed by atoms with Crippen LogP contribution in [0.5, 0.6) is 5.88 Å². The molecule has 3 rings (SSSR count). The van der Waals surface area contributed by atoms with Gasteiger partial charge in [-0.3, -0.25) is 9.69 Å². The van der Waals surface area contributed by atoms with Gasteiger partial charge < -0.3 is 20.5 Å². The molecular formula is C23H28F2N4O4. The van der Waals surface area contributed by atoms with E-state index in [-0.39, 0.29) is 29.9 Å². The van der Waals surface area contributed by atoms with Crippen LogP contribution in [0.25, 0.3) is 0 Å². The molecule has 1 fully saturated rings. The summed E-state index contributed by atoms with van der Waals surface area (Å²) in [5.74, 6) is -0.539. The minimum absolute atomic E-state index is 0.0679. The zero-order valence-electron chi connectivity index (χ0n) is 18.8. The Morgan fingerprint density at radius 3 is 2.55 bits per heavy atom. The Kier molecular flexibility index (Phi) is 7.47. The highest BCUT2D eigenvalue weighted by Crippen LogP contribution is 2.40. The number of alkyl halides is 2. The normalized spacial score (nSPS) is 15.2. The quantitative estimate of drug-likeness (QED) is 0.526. The van der Waals surface area contributed by atoms with Crippen LogP contribution in [-0.2, 0) is 10.2 Å². The average Bonchev–Trinajstić information content (AvgIpc) is 2.71. The molecule has 178 valence electrons. The van der Waals surface area contributed by atoms with Crippen LogP contribution < -0.4 is 15.4 Å². The Morgan fingerprint density at radius 1 is 1.21 bits per heavy atom. The molecule has 10 heteroatoms. The third kappa shape index (κ3) is 5.57. The summed E-state index contributed by atoms with van der Waals surface area (Å²) in [6, 6.07) is 10.8. The summed E-state index contributed by atoms with van der Waals surface area (Å²) in [5.41, 5.74) is 1.48. The van der Waals surface area contributed by atoms with Crippen molar-refractivity contribution in [3.63, 3.8) is 0 Å². The molecule has 2 heterocycles. The molecule has 0 radical (unpaired) electrons. The topological polar surface area (TPSA) is 104 Å². The van der Waals surface area contributed by atoms with Crippen LogP contribution in [0.3, 0.4) is 0 Å². The number of hydrogen-bond acceptors (Lipinski definition) is 5. The first-order chi connectivity index (χ1) is 15.6. The number of halogens is 2. The van der Waals surface area contributed by atoms with Crippen molar-refractivity contribution in [1.82, 2.24) is 15.2 Å². The van der Waals surface area contributed by atoms with Crippen molar-refractivity contribution in [1.29, 1.82) is 0 Å². The molecule has 1 aliphatic heterocycles. The fourth-order valence-corrected chi connectivity index (χ4v) is 4.11. The number of aromatic nitrogens is 1. The molecule has 33 heavy (non-hydrogen) atoms. The van der Waals surface area contributed by atoms with Gasteiger partial charge in [0.25, 0.3) is 0 Å². The van der Waals surface area contributed by atoms with Gasteiger partial charge in [0.05, 0.1) is 5.41 Å². The Balaban J connectivity index is 1.90. The van der Waals surface area contributed by atoms with E-state index in [4.69, 9.17) is 5.11 Å². The predicted molar refractivity (Wildman–Crippen MR) is 119 cm³/mol. The monoisotopic (exact) mass is 462 g/mol. The molecule has 0 unspecified atom stereocenters. The third-order valence-corrected chi connectivity index (χ3v) is 5.67. The molecule has 0 saturated carbocycles. The lowest BCUT2D eigenvalue weighted by molar-refractivity contribution is -0.128. The van der Waals surface area contributed by atoms with Crippen LogP contribution in [0.1, 0.15) is 36.6 Å². The molecule has 1 aromatic heterocycles. The summed E-state index contributed by atoms with van der Waals surface area (Å²) < 4.78 is 30.3. The maximum atomic E-state index is 13.6. The number of likely N-dealkylation sites (tertiary alicyclic amines) is 1. The molecule has 2 amide bonds. The first-order valence-electron chi connectivity index (χ1n) is 10.6. The van der Waals surface area contributed by atoms with Gasteiger partial charge in [-0.1, -0.05) is 38.1 Å². The second-order valence-corrected chi connectivity index (χ2v) is 8.40. The zero-order valence-corrected chi connectivity index (χ0v) is 18.8. The Bertz CT molecular complexity index is 1010. The summed E-state index contributed by atoms with van der Waals surface area (Å²) in [4.78, 5) is 30.3. The van der Waals surface area contributed by atoms with E-state index in [1.807, 2.05) is 43.0 Å². The number of rotatable bonds is 9. The highest BCUT2D eigenvalue weighted by Gasteiger charge is 2.51. The van der Waals surface area contributed by atoms with E-state index in [0.717, 1.165) is 11.1 Å². The molecule has 8 nitrogen and oxygen atoms in total. The number of anilines is 1. The van der Waals surface area contributed by atoms with E-state index in [9.17, 15) is 18.4 Å². The predicted octanol–water partition coefficient (Wildman–Crippen LogP) is 3.57. The molecule has 0 atom stereocenters. The number of benzene rings is 1. The van der Waals surface area contributed by atoms with Crippen LogP contribution in [0.2, 0.25) is 0 Å². The number of carboxylic acid groups (broad SMARTS) is 1. The van der Waals surface area contributed by atoms with Gasteiger partial charge in [0, 0.05) is 31.9 Å². The SMILES string of the molecule is Cc1ccc(NC(=O)C2(c3ccccc3C(C)C)CN(CCNC(=O)O)C2)c(OC(F)F)n1. The fourth-order valence-electron chi connectivity index (χ4n) is 4.11. The van der Waals surface area contributed by atoms with Gasteiger partial charge in [-0.15, -0.1) is 0 Å². The largest absolute Gasteiger partial charge is 0.465 e. The van der Waals surface area contributed by atoms with E-state index in [1.165, 1.54) is 6.07 Å². The van der Waals surface area contributed by atoms with Crippen molar-refractivity contribution >= 4 is 17.7 Å². The van der Waals surface area contributed by atoms with Crippen molar-refractivity contribution in [2.75, 3.05) is 31.5 Å². The number of aryl methyl sites for hydroxylation is 1. The number of amides is 2. The number of carbonyl (C=O) groups excluding carboxylic acids is 1. The average molecular weight is 462 g/mol. The van der Waals surface area contributed by atoms with E-state index < -0.39 is 18.1 Å². The molecule has 3 N–H and O–H groups in total. The van der Waals surface area contributed by atoms with Crippen molar-refractivity contribution in [3.05, 3.63) is 53.2 Å². The number of carbonyl (C=O) groups is 2. The lowest BCUT2D eigenvalue weighted by Gasteiger charge is -2.50. The minimum Gasteiger partial charge on any atom is -0.465 e. The number of ether oxygens (including phenoxy) is 1. The maximum Gasteiger partial charge on any atom is 0.404 e. The lowest BCUT2D eigenvalue weighted by atomic mass is 9.69. The summed E-state index contributed by atoms with van der Waals surface area (Å²) in [6.07, 6.45) is -1.11. The van der Waals surface area contributed by atoms with Crippen LogP contribution >= 0.6 is 0 Å².